The Morgan fingerprint density at radius 2 is 1.74 bits per heavy atom. The molecule has 7 heteroatoms. The van der Waals surface area contributed by atoms with E-state index in [1.54, 1.807) is 22.7 Å². The number of fused-ring (bicyclic) bond motifs is 1. The number of imidazole rings is 1. The number of rotatable bonds is 2. The van der Waals surface area contributed by atoms with E-state index >= 15 is 0 Å². The van der Waals surface area contributed by atoms with Gasteiger partial charge < -0.3 is 4.74 Å². The third-order valence-electron chi connectivity index (χ3n) is 3.45. The second-order valence-electron chi connectivity index (χ2n) is 4.86. The number of esters is 1. The summed E-state index contributed by atoms with van der Waals surface area (Å²) in [7, 11) is 1.27. The van der Waals surface area contributed by atoms with Crippen LogP contribution < -0.4 is 0 Å². The first kappa shape index (κ1) is 15.1. The molecule has 0 spiro atoms. The van der Waals surface area contributed by atoms with E-state index in [0.717, 1.165) is 12.1 Å². The van der Waals surface area contributed by atoms with E-state index in [1.807, 2.05) is 0 Å². The first-order valence-corrected chi connectivity index (χ1v) is 6.63. The zero-order valence-corrected chi connectivity index (χ0v) is 12.0. The quantitative estimate of drug-likeness (QED) is 0.675. The van der Waals surface area contributed by atoms with E-state index in [0.29, 0.717) is 16.8 Å². The highest BCUT2D eigenvalue weighted by molar-refractivity contribution is 5.88. The van der Waals surface area contributed by atoms with Gasteiger partial charge in [-0.3, -0.25) is 4.40 Å². The molecular weight excluding hydrogens is 309 g/mol. The monoisotopic (exact) mass is 320 g/mol. The molecule has 0 unspecified atom stereocenters. The molecule has 0 fully saturated rings. The van der Waals surface area contributed by atoms with Gasteiger partial charge in [0.05, 0.1) is 18.9 Å². The van der Waals surface area contributed by atoms with Crippen molar-refractivity contribution in [2.45, 2.75) is 6.18 Å². The lowest BCUT2D eigenvalue weighted by molar-refractivity contribution is -0.137. The van der Waals surface area contributed by atoms with Gasteiger partial charge in [0, 0.05) is 6.20 Å². The van der Waals surface area contributed by atoms with E-state index in [2.05, 4.69) is 9.72 Å². The zero-order chi connectivity index (χ0) is 16.6. The second-order valence-corrected chi connectivity index (χ2v) is 4.86. The molecule has 0 atom stereocenters. The summed E-state index contributed by atoms with van der Waals surface area (Å²) in [6.45, 7) is 0. The molecule has 0 saturated carbocycles. The van der Waals surface area contributed by atoms with Gasteiger partial charge in [0.2, 0.25) is 0 Å². The Morgan fingerprint density at radius 3 is 2.35 bits per heavy atom. The number of carbonyl (C=O) groups excluding carboxylic acids is 1. The molecular formula is C16H11F3N2O2. The van der Waals surface area contributed by atoms with Crippen molar-refractivity contribution in [1.29, 1.82) is 0 Å². The predicted molar refractivity (Wildman–Crippen MR) is 77.0 cm³/mol. The SMILES string of the molecule is COC(=O)c1cnc2ccc(-c3ccc(C(F)(F)F)cc3)cn12. The van der Waals surface area contributed by atoms with Crippen LogP contribution in [0.15, 0.2) is 48.8 Å². The summed E-state index contributed by atoms with van der Waals surface area (Å²) in [6, 6.07) is 8.23. The molecule has 0 radical (unpaired) electrons. The number of hydrogen-bond acceptors (Lipinski definition) is 3. The highest BCUT2D eigenvalue weighted by Gasteiger charge is 2.30. The molecule has 0 saturated heterocycles. The molecule has 1 aromatic carbocycles. The van der Waals surface area contributed by atoms with Crippen molar-refractivity contribution in [3.63, 3.8) is 0 Å². The molecule has 3 aromatic rings. The smallest absolute Gasteiger partial charge is 0.416 e. The van der Waals surface area contributed by atoms with Crippen LogP contribution in [0.5, 0.6) is 0 Å². The van der Waals surface area contributed by atoms with Crippen molar-refractivity contribution in [2.24, 2.45) is 0 Å². The van der Waals surface area contributed by atoms with Gasteiger partial charge in [-0.15, -0.1) is 0 Å². The average molecular weight is 320 g/mol. The summed E-state index contributed by atoms with van der Waals surface area (Å²) in [6.07, 6.45) is -1.35. The summed E-state index contributed by atoms with van der Waals surface area (Å²) in [4.78, 5) is 15.8. The van der Waals surface area contributed by atoms with Crippen molar-refractivity contribution in [1.82, 2.24) is 9.38 Å². The van der Waals surface area contributed by atoms with E-state index < -0.39 is 17.7 Å². The number of methoxy groups -OCH3 is 1. The molecule has 118 valence electrons. The van der Waals surface area contributed by atoms with Crippen molar-refractivity contribution in [2.75, 3.05) is 7.11 Å². The van der Waals surface area contributed by atoms with Gasteiger partial charge in [0.25, 0.3) is 0 Å². The highest BCUT2D eigenvalue weighted by Crippen LogP contribution is 2.31. The molecule has 23 heavy (non-hydrogen) atoms. The van der Waals surface area contributed by atoms with Crippen molar-refractivity contribution >= 4 is 11.6 Å². The Morgan fingerprint density at radius 1 is 1.09 bits per heavy atom. The summed E-state index contributed by atoms with van der Waals surface area (Å²) in [5, 5.41) is 0. The first-order chi connectivity index (χ1) is 10.9. The van der Waals surface area contributed by atoms with E-state index in [9.17, 15) is 18.0 Å². The van der Waals surface area contributed by atoms with Gasteiger partial charge in [-0.2, -0.15) is 13.2 Å². The van der Waals surface area contributed by atoms with Crippen LogP contribution in [0.4, 0.5) is 13.2 Å². The van der Waals surface area contributed by atoms with E-state index in [4.69, 9.17) is 0 Å². The van der Waals surface area contributed by atoms with Crippen LogP contribution in [0.25, 0.3) is 16.8 Å². The molecule has 0 N–H and O–H groups in total. The fourth-order valence-electron chi connectivity index (χ4n) is 2.26. The van der Waals surface area contributed by atoms with Crippen molar-refractivity contribution < 1.29 is 22.7 Å². The molecule has 0 bridgehead atoms. The van der Waals surface area contributed by atoms with Crippen LogP contribution in [0.2, 0.25) is 0 Å². The molecule has 0 aliphatic heterocycles. The standard InChI is InChI=1S/C16H11F3N2O2/c1-23-15(22)13-8-20-14-7-4-11(9-21(13)14)10-2-5-12(6-3-10)16(17,18)19/h2-9H,1H3. The van der Waals surface area contributed by atoms with Crippen LogP contribution in [0, 0.1) is 0 Å². The summed E-state index contributed by atoms with van der Waals surface area (Å²) < 4.78 is 44.0. The van der Waals surface area contributed by atoms with Gasteiger partial charge in [-0.05, 0) is 35.4 Å². The zero-order valence-electron chi connectivity index (χ0n) is 12.0. The third-order valence-corrected chi connectivity index (χ3v) is 3.45. The predicted octanol–water partition coefficient (Wildman–Crippen LogP) is 3.81. The Balaban J connectivity index is 2.04. The van der Waals surface area contributed by atoms with E-state index in [1.165, 1.54) is 25.4 Å². The van der Waals surface area contributed by atoms with Gasteiger partial charge in [-0.25, -0.2) is 9.78 Å². The Kier molecular flexibility index (Phi) is 3.55. The number of hydrogen-bond donors (Lipinski definition) is 0. The summed E-state index contributed by atoms with van der Waals surface area (Å²) in [5.41, 5.74) is 1.34. The van der Waals surface area contributed by atoms with Crippen LogP contribution in [-0.2, 0) is 10.9 Å². The van der Waals surface area contributed by atoms with Crippen LogP contribution in [0.3, 0.4) is 0 Å². The normalized spacial score (nSPS) is 11.7. The number of carbonyl (C=O) groups is 1. The van der Waals surface area contributed by atoms with Crippen molar-refractivity contribution in [3.05, 3.63) is 60.0 Å². The largest absolute Gasteiger partial charge is 0.464 e. The molecule has 0 amide bonds. The number of nitrogens with zero attached hydrogens (tertiary/aromatic N) is 2. The maximum atomic E-state index is 12.6. The molecule has 4 nitrogen and oxygen atoms in total. The number of benzene rings is 1. The lowest BCUT2D eigenvalue weighted by Gasteiger charge is -2.08. The molecule has 3 rings (SSSR count). The van der Waals surface area contributed by atoms with E-state index in [-0.39, 0.29) is 5.69 Å². The number of ether oxygens (including phenoxy) is 1. The number of halogens is 3. The molecule has 2 heterocycles. The molecule has 0 aliphatic rings. The lowest BCUT2D eigenvalue weighted by Crippen LogP contribution is -2.05. The minimum Gasteiger partial charge on any atom is -0.464 e. The number of pyridine rings is 1. The second kappa shape index (κ2) is 5.42. The average Bonchev–Trinajstić information content (AvgIpc) is 2.96. The fourth-order valence-corrected chi connectivity index (χ4v) is 2.26. The van der Waals surface area contributed by atoms with Crippen LogP contribution in [0.1, 0.15) is 16.1 Å². The molecule has 2 aromatic heterocycles. The Bertz CT molecular complexity index is 867. The summed E-state index contributed by atoms with van der Waals surface area (Å²) in [5.74, 6) is -0.540. The maximum Gasteiger partial charge on any atom is 0.416 e. The first-order valence-electron chi connectivity index (χ1n) is 6.63. The van der Waals surface area contributed by atoms with Gasteiger partial charge in [0.15, 0.2) is 5.69 Å². The van der Waals surface area contributed by atoms with Gasteiger partial charge in [-0.1, -0.05) is 12.1 Å². The number of alkyl halides is 3. The fraction of sp³-hybridized carbons (Fsp3) is 0.125. The number of aromatic nitrogens is 2. The summed E-state index contributed by atoms with van der Waals surface area (Å²) >= 11 is 0. The van der Waals surface area contributed by atoms with Gasteiger partial charge in [0.1, 0.15) is 5.65 Å². The Labute approximate surface area is 129 Å². The minimum atomic E-state index is -4.37. The minimum absolute atomic E-state index is 0.247. The Hall–Kier alpha value is -2.83. The third kappa shape index (κ3) is 2.77. The molecule has 0 aliphatic carbocycles. The lowest BCUT2D eigenvalue weighted by atomic mass is 10.1. The maximum absolute atomic E-state index is 12.6. The topological polar surface area (TPSA) is 43.6 Å². The highest BCUT2D eigenvalue weighted by atomic mass is 19.4. The van der Waals surface area contributed by atoms with Gasteiger partial charge >= 0.3 is 12.1 Å². The van der Waals surface area contributed by atoms with Crippen LogP contribution in [-0.4, -0.2) is 22.5 Å². The van der Waals surface area contributed by atoms with Crippen molar-refractivity contribution in [3.8, 4) is 11.1 Å². The van der Waals surface area contributed by atoms with Crippen LogP contribution >= 0.6 is 0 Å².